The Hall–Kier alpha value is -4.50. The second-order valence-electron chi connectivity index (χ2n) is 11.8. The lowest BCUT2D eigenvalue weighted by molar-refractivity contribution is -0.142. The maximum absolute atomic E-state index is 11.4. The fourth-order valence-corrected chi connectivity index (χ4v) is 6.28. The summed E-state index contributed by atoms with van der Waals surface area (Å²) >= 11 is 0. The minimum absolute atomic E-state index is 0.233. The van der Waals surface area contributed by atoms with E-state index in [1.54, 1.807) is 0 Å². The SMILES string of the molecule is Cc1nc(N2CCC(C(=O)O)CC2)ccc1-n1nc(-c2cccc3nn(CC(O)c4ccccc4)cc23)c(C(C)C)c1C. The Balaban J connectivity index is 1.34. The van der Waals surface area contributed by atoms with Crippen LogP contribution >= 0.6 is 0 Å². The summed E-state index contributed by atoms with van der Waals surface area (Å²) in [5, 5.41) is 31.1. The first-order valence-electron chi connectivity index (χ1n) is 15.0. The average Bonchev–Trinajstić information content (AvgIpc) is 3.57. The van der Waals surface area contributed by atoms with E-state index in [1.165, 1.54) is 5.56 Å². The van der Waals surface area contributed by atoms with Crippen LogP contribution in [-0.2, 0) is 11.3 Å². The third kappa shape index (κ3) is 5.52. The highest BCUT2D eigenvalue weighted by Crippen LogP contribution is 2.37. The zero-order valence-corrected chi connectivity index (χ0v) is 25.1. The average molecular weight is 579 g/mol. The second kappa shape index (κ2) is 11.6. The summed E-state index contributed by atoms with van der Waals surface area (Å²) in [6.07, 6.45) is 2.60. The fourth-order valence-electron chi connectivity index (χ4n) is 6.28. The van der Waals surface area contributed by atoms with Gasteiger partial charge in [-0.2, -0.15) is 10.2 Å². The number of nitrogens with zero attached hydrogens (tertiary/aromatic N) is 6. The van der Waals surface area contributed by atoms with Gasteiger partial charge < -0.3 is 15.1 Å². The summed E-state index contributed by atoms with van der Waals surface area (Å²) in [4.78, 5) is 18.5. The number of aliphatic hydroxyl groups excluding tert-OH is 1. The number of fused-ring (bicyclic) bond motifs is 1. The van der Waals surface area contributed by atoms with Gasteiger partial charge in [-0.3, -0.25) is 9.48 Å². The van der Waals surface area contributed by atoms with Crippen LogP contribution in [0.2, 0.25) is 0 Å². The number of carbonyl (C=O) groups is 1. The van der Waals surface area contributed by atoms with Crippen molar-refractivity contribution in [3.05, 3.63) is 89.4 Å². The topological polar surface area (TPSA) is 109 Å². The van der Waals surface area contributed by atoms with Crippen molar-refractivity contribution in [1.82, 2.24) is 24.5 Å². The molecule has 0 spiro atoms. The van der Waals surface area contributed by atoms with Gasteiger partial charge in [-0.05, 0) is 56.4 Å². The van der Waals surface area contributed by atoms with Crippen LogP contribution in [0, 0.1) is 19.8 Å². The molecule has 0 radical (unpaired) electrons. The molecule has 9 nitrogen and oxygen atoms in total. The molecule has 3 aromatic heterocycles. The number of aliphatic hydroxyl groups is 1. The van der Waals surface area contributed by atoms with E-state index in [2.05, 4.69) is 37.8 Å². The number of carboxylic acids is 1. The predicted octanol–water partition coefficient (Wildman–Crippen LogP) is 6.06. The number of hydrogen-bond acceptors (Lipinski definition) is 6. The molecule has 9 heteroatoms. The molecule has 2 N–H and O–H groups in total. The Morgan fingerprint density at radius 1 is 0.977 bits per heavy atom. The van der Waals surface area contributed by atoms with Gasteiger partial charge >= 0.3 is 5.97 Å². The molecule has 0 amide bonds. The van der Waals surface area contributed by atoms with Gasteiger partial charge in [-0.1, -0.05) is 56.3 Å². The van der Waals surface area contributed by atoms with Crippen molar-refractivity contribution < 1.29 is 15.0 Å². The van der Waals surface area contributed by atoms with Crippen LogP contribution in [0.5, 0.6) is 0 Å². The monoisotopic (exact) mass is 578 g/mol. The maximum atomic E-state index is 11.4. The zero-order valence-electron chi connectivity index (χ0n) is 25.1. The number of aryl methyl sites for hydroxylation is 1. The molecular weight excluding hydrogens is 540 g/mol. The first-order valence-corrected chi connectivity index (χ1v) is 15.0. The molecule has 43 heavy (non-hydrogen) atoms. The Kier molecular flexibility index (Phi) is 7.75. The molecule has 1 atom stereocenters. The lowest BCUT2D eigenvalue weighted by Crippen LogP contribution is -2.36. The van der Waals surface area contributed by atoms with Crippen molar-refractivity contribution in [2.75, 3.05) is 18.0 Å². The van der Waals surface area contributed by atoms with Crippen LogP contribution in [0.15, 0.2) is 66.9 Å². The number of hydrogen-bond donors (Lipinski definition) is 2. The maximum Gasteiger partial charge on any atom is 0.306 e. The molecule has 6 rings (SSSR count). The van der Waals surface area contributed by atoms with Gasteiger partial charge in [-0.25, -0.2) is 9.67 Å². The number of pyridine rings is 1. The van der Waals surface area contributed by atoms with Crippen LogP contribution < -0.4 is 4.90 Å². The predicted molar refractivity (Wildman–Crippen MR) is 168 cm³/mol. The Bertz CT molecular complexity index is 1770. The minimum atomic E-state index is -0.710. The molecule has 0 aliphatic carbocycles. The largest absolute Gasteiger partial charge is 0.481 e. The molecule has 0 bridgehead atoms. The molecule has 1 unspecified atom stereocenters. The van der Waals surface area contributed by atoms with E-state index < -0.39 is 12.1 Å². The molecule has 222 valence electrons. The number of aromatic nitrogens is 5. The summed E-state index contributed by atoms with van der Waals surface area (Å²) in [5.74, 6) is 0.116. The van der Waals surface area contributed by atoms with Crippen molar-refractivity contribution in [3.8, 4) is 16.9 Å². The molecule has 1 fully saturated rings. The van der Waals surface area contributed by atoms with Crippen molar-refractivity contribution in [2.45, 2.75) is 59.1 Å². The molecule has 5 aromatic rings. The van der Waals surface area contributed by atoms with Gasteiger partial charge in [0.05, 0.1) is 41.2 Å². The van der Waals surface area contributed by atoms with E-state index in [9.17, 15) is 15.0 Å². The van der Waals surface area contributed by atoms with Crippen LogP contribution in [-0.4, -0.2) is 53.8 Å². The normalized spacial score (nSPS) is 15.0. The number of rotatable bonds is 8. The summed E-state index contributed by atoms with van der Waals surface area (Å²) in [5.41, 5.74) is 7.66. The summed E-state index contributed by atoms with van der Waals surface area (Å²) in [6.45, 7) is 10.2. The van der Waals surface area contributed by atoms with E-state index in [-0.39, 0.29) is 11.8 Å². The number of aliphatic carboxylic acids is 1. The minimum Gasteiger partial charge on any atom is -0.481 e. The first-order chi connectivity index (χ1) is 20.7. The van der Waals surface area contributed by atoms with Crippen molar-refractivity contribution in [3.63, 3.8) is 0 Å². The molecule has 4 heterocycles. The quantitative estimate of drug-likeness (QED) is 0.230. The molecule has 0 saturated carbocycles. The summed E-state index contributed by atoms with van der Waals surface area (Å²) in [7, 11) is 0. The zero-order chi connectivity index (χ0) is 30.2. The molecule has 1 aliphatic heterocycles. The second-order valence-corrected chi connectivity index (χ2v) is 11.8. The fraction of sp³-hybridized carbons (Fsp3) is 0.353. The molecule has 2 aromatic carbocycles. The molecular formula is C34H38N6O3. The van der Waals surface area contributed by atoms with Crippen LogP contribution in [0.4, 0.5) is 5.82 Å². The Morgan fingerprint density at radius 2 is 1.72 bits per heavy atom. The lowest BCUT2D eigenvalue weighted by atomic mass is 9.95. The van der Waals surface area contributed by atoms with Crippen molar-refractivity contribution in [2.24, 2.45) is 5.92 Å². The van der Waals surface area contributed by atoms with E-state index in [1.807, 2.05) is 71.0 Å². The number of piperidine rings is 1. The number of carboxylic acid groups (broad SMARTS) is 1. The van der Waals surface area contributed by atoms with Crippen LogP contribution in [0.25, 0.3) is 27.8 Å². The third-order valence-corrected chi connectivity index (χ3v) is 8.58. The van der Waals surface area contributed by atoms with Crippen molar-refractivity contribution >= 4 is 22.7 Å². The third-order valence-electron chi connectivity index (χ3n) is 8.58. The summed E-state index contributed by atoms with van der Waals surface area (Å²) in [6, 6.07) is 19.8. The van der Waals surface area contributed by atoms with E-state index in [0.29, 0.717) is 32.5 Å². The van der Waals surface area contributed by atoms with Crippen LogP contribution in [0.3, 0.4) is 0 Å². The van der Waals surface area contributed by atoms with Crippen LogP contribution in [0.1, 0.15) is 61.2 Å². The highest BCUT2D eigenvalue weighted by Gasteiger charge is 2.26. The van der Waals surface area contributed by atoms with Gasteiger partial charge in [0.1, 0.15) is 5.82 Å². The van der Waals surface area contributed by atoms with E-state index in [0.717, 1.165) is 50.6 Å². The van der Waals surface area contributed by atoms with Gasteiger partial charge in [0.25, 0.3) is 0 Å². The highest BCUT2D eigenvalue weighted by molar-refractivity contribution is 5.94. The van der Waals surface area contributed by atoms with Gasteiger partial charge in [0, 0.05) is 41.5 Å². The first kappa shape index (κ1) is 28.6. The number of benzene rings is 2. The lowest BCUT2D eigenvalue weighted by Gasteiger charge is -2.31. The van der Waals surface area contributed by atoms with Gasteiger partial charge in [-0.15, -0.1) is 0 Å². The van der Waals surface area contributed by atoms with Gasteiger partial charge in [0.2, 0.25) is 0 Å². The smallest absolute Gasteiger partial charge is 0.306 e. The van der Waals surface area contributed by atoms with E-state index >= 15 is 0 Å². The highest BCUT2D eigenvalue weighted by atomic mass is 16.4. The number of anilines is 1. The summed E-state index contributed by atoms with van der Waals surface area (Å²) < 4.78 is 3.81. The molecule has 1 aliphatic rings. The van der Waals surface area contributed by atoms with Crippen molar-refractivity contribution in [1.29, 1.82) is 0 Å². The van der Waals surface area contributed by atoms with Gasteiger partial charge in [0.15, 0.2) is 0 Å². The van der Waals surface area contributed by atoms with E-state index in [4.69, 9.17) is 15.2 Å². The Morgan fingerprint density at radius 3 is 2.40 bits per heavy atom. The standard InChI is InChI=1S/C34H38N6O3/c1-21(2)32-23(4)40(29-13-14-31(35-22(29)3)38-17-15-25(16-18-38)34(42)43)37-33(32)26-11-8-12-28-27(26)19-39(36-28)20-30(41)24-9-6-5-7-10-24/h5-14,19,21,25,30,41H,15-18,20H2,1-4H3,(H,42,43). The Labute approximate surface area is 251 Å². The molecule has 1 saturated heterocycles.